The molecular formula is C16H32N2O. The van der Waals surface area contributed by atoms with E-state index in [4.69, 9.17) is 4.74 Å². The van der Waals surface area contributed by atoms with Gasteiger partial charge in [-0.15, -0.1) is 0 Å². The van der Waals surface area contributed by atoms with Gasteiger partial charge < -0.3 is 10.1 Å². The van der Waals surface area contributed by atoms with Crippen molar-refractivity contribution in [1.82, 2.24) is 10.2 Å². The van der Waals surface area contributed by atoms with E-state index in [9.17, 15) is 0 Å². The zero-order chi connectivity index (χ0) is 13.9. The summed E-state index contributed by atoms with van der Waals surface area (Å²) >= 11 is 0. The summed E-state index contributed by atoms with van der Waals surface area (Å²) in [5.41, 5.74) is 0.497. The summed E-state index contributed by atoms with van der Waals surface area (Å²) in [7, 11) is 0. The van der Waals surface area contributed by atoms with E-state index in [-0.39, 0.29) is 0 Å². The van der Waals surface area contributed by atoms with Gasteiger partial charge in [0.15, 0.2) is 0 Å². The van der Waals surface area contributed by atoms with Crippen molar-refractivity contribution in [3.63, 3.8) is 0 Å². The van der Waals surface area contributed by atoms with E-state index in [0.29, 0.717) is 23.6 Å². The highest BCUT2D eigenvalue weighted by Crippen LogP contribution is 2.38. The number of hydrogen-bond donors (Lipinski definition) is 1. The van der Waals surface area contributed by atoms with Crippen molar-refractivity contribution < 1.29 is 4.74 Å². The van der Waals surface area contributed by atoms with Crippen LogP contribution < -0.4 is 5.32 Å². The third-order valence-electron chi connectivity index (χ3n) is 4.92. The van der Waals surface area contributed by atoms with Crippen LogP contribution >= 0.6 is 0 Å². The van der Waals surface area contributed by atoms with Crippen molar-refractivity contribution in [2.24, 2.45) is 5.41 Å². The highest BCUT2D eigenvalue weighted by molar-refractivity contribution is 4.95. The van der Waals surface area contributed by atoms with Crippen molar-refractivity contribution in [3.8, 4) is 0 Å². The summed E-state index contributed by atoms with van der Waals surface area (Å²) in [6.07, 6.45) is 5.57. The van der Waals surface area contributed by atoms with Crippen LogP contribution in [0, 0.1) is 5.41 Å². The topological polar surface area (TPSA) is 24.5 Å². The van der Waals surface area contributed by atoms with Crippen molar-refractivity contribution in [1.29, 1.82) is 0 Å². The minimum Gasteiger partial charge on any atom is -0.376 e. The second-order valence-corrected chi connectivity index (χ2v) is 7.03. The molecule has 1 aliphatic heterocycles. The van der Waals surface area contributed by atoms with Crippen LogP contribution in [-0.4, -0.2) is 49.3 Å². The zero-order valence-corrected chi connectivity index (χ0v) is 13.2. The maximum absolute atomic E-state index is 5.83. The van der Waals surface area contributed by atoms with Gasteiger partial charge in [0.2, 0.25) is 0 Å². The molecule has 2 rings (SSSR count). The lowest BCUT2D eigenvalue weighted by molar-refractivity contribution is -0.0629. The van der Waals surface area contributed by atoms with Gasteiger partial charge in [-0.25, -0.2) is 0 Å². The van der Waals surface area contributed by atoms with Gasteiger partial charge in [-0.1, -0.05) is 27.7 Å². The van der Waals surface area contributed by atoms with Gasteiger partial charge in [-0.3, -0.25) is 4.90 Å². The Morgan fingerprint density at radius 2 is 2.11 bits per heavy atom. The van der Waals surface area contributed by atoms with Crippen LogP contribution in [-0.2, 0) is 4.74 Å². The molecule has 0 aromatic heterocycles. The molecule has 19 heavy (non-hydrogen) atoms. The Labute approximate surface area is 119 Å². The largest absolute Gasteiger partial charge is 0.376 e. The number of rotatable bonds is 4. The predicted octanol–water partition coefficient (Wildman–Crippen LogP) is 2.65. The number of nitrogens with one attached hydrogen (secondary N) is 1. The van der Waals surface area contributed by atoms with Crippen LogP contribution in [0.4, 0.5) is 0 Å². The SMILES string of the molecule is CCNC1CCC(C)(C)CC1N1CCOC(CC)C1. The molecule has 3 heteroatoms. The normalized spacial score (nSPS) is 36.3. The number of hydrogen-bond acceptors (Lipinski definition) is 3. The number of nitrogens with zero attached hydrogens (tertiary/aromatic N) is 1. The monoisotopic (exact) mass is 268 g/mol. The molecule has 0 amide bonds. The fourth-order valence-corrected chi connectivity index (χ4v) is 3.72. The second-order valence-electron chi connectivity index (χ2n) is 7.03. The number of morpholine rings is 1. The maximum Gasteiger partial charge on any atom is 0.0700 e. The second kappa shape index (κ2) is 6.55. The van der Waals surface area contributed by atoms with Gasteiger partial charge in [0.05, 0.1) is 12.7 Å². The Kier molecular flexibility index (Phi) is 5.27. The van der Waals surface area contributed by atoms with Gasteiger partial charge in [-0.2, -0.15) is 0 Å². The molecule has 0 aromatic rings. The summed E-state index contributed by atoms with van der Waals surface area (Å²) < 4.78 is 5.83. The summed E-state index contributed by atoms with van der Waals surface area (Å²) in [6, 6.07) is 1.37. The van der Waals surface area contributed by atoms with Gasteiger partial charge in [0.25, 0.3) is 0 Å². The van der Waals surface area contributed by atoms with Crippen LogP contribution in [0.15, 0.2) is 0 Å². The van der Waals surface area contributed by atoms with E-state index in [0.717, 1.165) is 32.7 Å². The third-order valence-corrected chi connectivity index (χ3v) is 4.92. The molecule has 0 spiro atoms. The third kappa shape index (κ3) is 3.93. The van der Waals surface area contributed by atoms with Crippen LogP contribution in [0.2, 0.25) is 0 Å². The molecule has 1 heterocycles. The summed E-state index contributed by atoms with van der Waals surface area (Å²) in [4.78, 5) is 2.70. The average Bonchev–Trinajstić information content (AvgIpc) is 2.41. The van der Waals surface area contributed by atoms with Gasteiger partial charge >= 0.3 is 0 Å². The molecule has 3 atom stereocenters. The van der Waals surface area contributed by atoms with Gasteiger partial charge in [0, 0.05) is 25.2 Å². The Hall–Kier alpha value is -0.120. The fraction of sp³-hybridized carbons (Fsp3) is 1.00. The van der Waals surface area contributed by atoms with Crippen molar-refractivity contribution in [3.05, 3.63) is 0 Å². The van der Waals surface area contributed by atoms with Gasteiger partial charge in [0.1, 0.15) is 0 Å². The Morgan fingerprint density at radius 3 is 2.79 bits per heavy atom. The molecule has 0 radical (unpaired) electrons. The molecule has 1 saturated carbocycles. The standard InChI is InChI=1S/C16H32N2O/c1-5-13-12-18(9-10-19-13)15-11-16(3,4)8-7-14(15)17-6-2/h13-15,17H,5-12H2,1-4H3. The first-order valence-electron chi connectivity index (χ1n) is 8.14. The molecule has 3 unspecified atom stereocenters. The quantitative estimate of drug-likeness (QED) is 0.848. The van der Waals surface area contributed by atoms with E-state index in [1.165, 1.54) is 19.3 Å². The lowest BCUT2D eigenvalue weighted by Crippen LogP contribution is -2.58. The molecule has 1 N–H and O–H groups in total. The Balaban J connectivity index is 2.03. The van der Waals surface area contributed by atoms with Gasteiger partial charge in [-0.05, 0) is 37.6 Å². The van der Waals surface area contributed by atoms with E-state index in [1.807, 2.05) is 0 Å². The van der Waals surface area contributed by atoms with Crippen LogP contribution in [0.1, 0.15) is 53.4 Å². The first-order chi connectivity index (χ1) is 9.05. The molecule has 0 aromatic carbocycles. The average molecular weight is 268 g/mol. The molecule has 112 valence electrons. The molecule has 1 aliphatic carbocycles. The highest BCUT2D eigenvalue weighted by atomic mass is 16.5. The van der Waals surface area contributed by atoms with E-state index < -0.39 is 0 Å². The summed E-state index contributed by atoms with van der Waals surface area (Å²) in [5, 5.41) is 3.72. The summed E-state index contributed by atoms with van der Waals surface area (Å²) in [6.45, 7) is 13.6. The molecule has 1 saturated heterocycles. The zero-order valence-electron chi connectivity index (χ0n) is 13.2. The van der Waals surface area contributed by atoms with Crippen LogP contribution in [0.25, 0.3) is 0 Å². The van der Waals surface area contributed by atoms with E-state index >= 15 is 0 Å². The number of likely N-dealkylation sites (N-methyl/N-ethyl adjacent to an activating group) is 1. The number of ether oxygens (including phenoxy) is 1. The Bertz CT molecular complexity index is 280. The Morgan fingerprint density at radius 1 is 1.32 bits per heavy atom. The van der Waals surface area contributed by atoms with Crippen molar-refractivity contribution in [2.45, 2.75) is 71.6 Å². The minimum atomic E-state index is 0.445. The maximum atomic E-state index is 5.83. The molecule has 3 nitrogen and oxygen atoms in total. The van der Waals surface area contributed by atoms with E-state index in [2.05, 4.69) is 37.9 Å². The highest BCUT2D eigenvalue weighted by Gasteiger charge is 2.38. The molecule has 0 bridgehead atoms. The molecule has 2 fully saturated rings. The van der Waals surface area contributed by atoms with Crippen LogP contribution in [0.3, 0.4) is 0 Å². The van der Waals surface area contributed by atoms with Crippen LogP contribution in [0.5, 0.6) is 0 Å². The fourth-order valence-electron chi connectivity index (χ4n) is 3.72. The van der Waals surface area contributed by atoms with Crippen molar-refractivity contribution >= 4 is 0 Å². The first kappa shape index (κ1) is 15.3. The smallest absolute Gasteiger partial charge is 0.0700 e. The van der Waals surface area contributed by atoms with Crippen molar-refractivity contribution in [2.75, 3.05) is 26.2 Å². The van der Waals surface area contributed by atoms with E-state index in [1.54, 1.807) is 0 Å². The molecular weight excluding hydrogens is 236 g/mol. The molecule has 2 aliphatic rings. The first-order valence-corrected chi connectivity index (χ1v) is 8.14. The minimum absolute atomic E-state index is 0.445. The summed E-state index contributed by atoms with van der Waals surface area (Å²) in [5.74, 6) is 0. The lowest BCUT2D eigenvalue weighted by atomic mass is 9.72. The predicted molar refractivity (Wildman–Crippen MR) is 80.5 cm³/mol. The lowest BCUT2D eigenvalue weighted by Gasteiger charge is -2.48.